The maximum atomic E-state index is 4.62. The van der Waals surface area contributed by atoms with Gasteiger partial charge in [-0.2, -0.15) is 0 Å². The normalized spacial score (nSPS) is 8.62. The van der Waals surface area contributed by atoms with E-state index in [0.717, 1.165) is 0 Å². The van der Waals surface area contributed by atoms with Crippen LogP contribution in [-0.4, -0.2) is 22.3 Å². The van der Waals surface area contributed by atoms with Gasteiger partial charge in [-0.15, -0.1) is 10.2 Å². The van der Waals surface area contributed by atoms with Crippen LogP contribution in [0.1, 0.15) is 0 Å². The molecular weight excluding hydrogens is 106 g/mol. The Kier molecular flexibility index (Phi) is 1.37. The summed E-state index contributed by atoms with van der Waals surface area (Å²) < 4.78 is 4.62. The largest absolute Gasteiger partial charge is 0.478 e. The van der Waals surface area contributed by atoms with Crippen LogP contribution in [0.5, 0.6) is 5.88 Å². The van der Waals surface area contributed by atoms with Crippen LogP contribution in [0.4, 0.5) is 0 Å². The van der Waals surface area contributed by atoms with E-state index in [1.165, 1.54) is 13.4 Å². The van der Waals surface area contributed by atoms with Crippen LogP contribution in [0.15, 0.2) is 6.33 Å². The molecule has 4 nitrogen and oxygen atoms in total. The minimum absolute atomic E-state index is 0.312. The van der Waals surface area contributed by atoms with E-state index in [1.807, 2.05) is 0 Å². The average Bonchev–Trinajstić information content (AvgIpc) is 1.90. The predicted molar refractivity (Wildman–Crippen MR) is 25.2 cm³/mol. The Balaban J connectivity index is 2.83. The standard InChI is InChI=1S/C4H4N3O/c1-8-4-2-5-3-6-7-4/h3H,1H3. The number of ether oxygens (including phenoxy) is 1. The van der Waals surface area contributed by atoms with E-state index in [1.54, 1.807) is 0 Å². The number of rotatable bonds is 1. The van der Waals surface area contributed by atoms with Crippen LogP contribution >= 0.6 is 0 Å². The lowest BCUT2D eigenvalue weighted by Crippen LogP contribution is -1.89. The van der Waals surface area contributed by atoms with Gasteiger partial charge in [-0.25, -0.2) is 4.98 Å². The first-order valence-corrected chi connectivity index (χ1v) is 2.03. The highest BCUT2D eigenvalue weighted by molar-refractivity contribution is 4.93. The summed E-state index contributed by atoms with van der Waals surface area (Å²) in [6, 6.07) is 0. The maximum Gasteiger partial charge on any atom is 0.261 e. The Labute approximate surface area is 46.5 Å². The monoisotopic (exact) mass is 110 g/mol. The van der Waals surface area contributed by atoms with Crippen LogP contribution in [0.2, 0.25) is 0 Å². The van der Waals surface area contributed by atoms with Crippen LogP contribution in [0, 0.1) is 6.20 Å². The molecule has 1 aromatic heterocycles. The second kappa shape index (κ2) is 2.20. The van der Waals surface area contributed by atoms with Gasteiger partial charge in [0.05, 0.1) is 7.11 Å². The van der Waals surface area contributed by atoms with Gasteiger partial charge in [-0.1, -0.05) is 0 Å². The second-order valence-electron chi connectivity index (χ2n) is 1.08. The van der Waals surface area contributed by atoms with Crippen molar-refractivity contribution in [2.24, 2.45) is 0 Å². The second-order valence-corrected chi connectivity index (χ2v) is 1.08. The Morgan fingerprint density at radius 3 is 3.00 bits per heavy atom. The van der Waals surface area contributed by atoms with Gasteiger partial charge in [0.2, 0.25) is 0 Å². The van der Waals surface area contributed by atoms with Gasteiger partial charge in [0, 0.05) is 0 Å². The molecule has 8 heavy (non-hydrogen) atoms. The molecule has 41 valence electrons. The highest BCUT2D eigenvalue weighted by Gasteiger charge is 1.86. The van der Waals surface area contributed by atoms with Crippen molar-refractivity contribution in [2.75, 3.05) is 7.11 Å². The Morgan fingerprint density at radius 1 is 1.75 bits per heavy atom. The fraction of sp³-hybridized carbons (Fsp3) is 0.250. The van der Waals surface area contributed by atoms with E-state index in [-0.39, 0.29) is 0 Å². The zero-order valence-corrected chi connectivity index (χ0v) is 4.33. The molecule has 1 heterocycles. The lowest BCUT2D eigenvalue weighted by Gasteiger charge is -1.89. The van der Waals surface area contributed by atoms with Gasteiger partial charge in [-0.05, 0) is 0 Å². The van der Waals surface area contributed by atoms with Crippen LogP contribution < -0.4 is 4.74 Å². The number of aromatic nitrogens is 3. The molecule has 1 rings (SSSR count). The van der Waals surface area contributed by atoms with Gasteiger partial charge >= 0.3 is 0 Å². The average molecular weight is 110 g/mol. The van der Waals surface area contributed by atoms with E-state index in [0.29, 0.717) is 5.88 Å². The lowest BCUT2D eigenvalue weighted by molar-refractivity contribution is 0.388. The van der Waals surface area contributed by atoms with Crippen LogP contribution in [-0.2, 0) is 0 Å². The molecule has 0 amide bonds. The Hall–Kier alpha value is -1.19. The Bertz CT molecular complexity index is 153. The number of methoxy groups -OCH3 is 1. The molecule has 0 fully saturated rings. The summed E-state index contributed by atoms with van der Waals surface area (Å²) >= 11 is 0. The highest BCUT2D eigenvalue weighted by atomic mass is 16.5. The van der Waals surface area contributed by atoms with Crippen molar-refractivity contribution in [1.82, 2.24) is 15.2 Å². The third-order valence-electron chi connectivity index (χ3n) is 0.611. The van der Waals surface area contributed by atoms with E-state index in [4.69, 9.17) is 0 Å². The van der Waals surface area contributed by atoms with Crippen molar-refractivity contribution in [3.63, 3.8) is 0 Å². The zero-order chi connectivity index (χ0) is 5.82. The molecule has 0 N–H and O–H groups in total. The molecule has 1 radical (unpaired) electrons. The molecule has 0 aromatic carbocycles. The first-order chi connectivity index (χ1) is 3.93. The third kappa shape index (κ3) is 0.900. The number of hydrogen-bond donors (Lipinski definition) is 0. The minimum atomic E-state index is 0.312. The molecule has 0 bridgehead atoms. The molecule has 0 atom stereocenters. The van der Waals surface area contributed by atoms with Crippen molar-refractivity contribution < 1.29 is 4.74 Å². The summed E-state index contributed by atoms with van der Waals surface area (Å²) in [6.45, 7) is 0. The van der Waals surface area contributed by atoms with Gasteiger partial charge in [-0.3, -0.25) is 0 Å². The van der Waals surface area contributed by atoms with Crippen LogP contribution in [0.25, 0.3) is 0 Å². The zero-order valence-electron chi connectivity index (χ0n) is 4.33. The molecule has 1 aromatic rings. The molecule has 0 unspecified atom stereocenters. The van der Waals surface area contributed by atoms with Crippen molar-refractivity contribution in [1.29, 1.82) is 0 Å². The first-order valence-electron chi connectivity index (χ1n) is 2.03. The molecule has 4 heteroatoms. The summed E-state index contributed by atoms with van der Waals surface area (Å²) in [5.74, 6) is 0.312. The molecule has 0 aliphatic carbocycles. The summed E-state index contributed by atoms with van der Waals surface area (Å²) in [6.07, 6.45) is 3.77. The summed E-state index contributed by atoms with van der Waals surface area (Å²) in [5, 5.41) is 6.95. The highest BCUT2D eigenvalue weighted by Crippen LogP contribution is 1.93. The van der Waals surface area contributed by atoms with E-state index in [2.05, 4.69) is 26.1 Å². The summed E-state index contributed by atoms with van der Waals surface area (Å²) in [5.41, 5.74) is 0. The SMILES string of the molecule is COc1[c]ncnn1. The van der Waals surface area contributed by atoms with E-state index < -0.39 is 0 Å². The van der Waals surface area contributed by atoms with Gasteiger partial charge < -0.3 is 4.74 Å². The quantitative estimate of drug-likeness (QED) is 0.497. The summed E-state index contributed by atoms with van der Waals surface area (Å²) in [4.78, 5) is 3.53. The van der Waals surface area contributed by atoms with E-state index in [9.17, 15) is 0 Å². The molecule has 0 aliphatic rings. The smallest absolute Gasteiger partial charge is 0.261 e. The fourth-order valence-corrected chi connectivity index (χ4v) is 0.297. The number of hydrogen-bond acceptors (Lipinski definition) is 4. The molecule has 0 saturated carbocycles. The first kappa shape index (κ1) is 4.96. The van der Waals surface area contributed by atoms with Gasteiger partial charge in [0.15, 0.2) is 6.20 Å². The van der Waals surface area contributed by atoms with Crippen LogP contribution in [0.3, 0.4) is 0 Å². The predicted octanol–water partition coefficient (Wildman–Crippen LogP) is -0.320. The maximum absolute atomic E-state index is 4.62. The fourth-order valence-electron chi connectivity index (χ4n) is 0.297. The number of nitrogens with zero attached hydrogens (tertiary/aromatic N) is 3. The van der Waals surface area contributed by atoms with Crippen molar-refractivity contribution >= 4 is 0 Å². The summed E-state index contributed by atoms with van der Waals surface area (Å²) in [7, 11) is 1.49. The van der Waals surface area contributed by atoms with E-state index >= 15 is 0 Å². The molecule has 0 spiro atoms. The van der Waals surface area contributed by atoms with Crippen molar-refractivity contribution in [2.45, 2.75) is 0 Å². The Morgan fingerprint density at radius 2 is 2.62 bits per heavy atom. The molecule has 0 aliphatic heterocycles. The van der Waals surface area contributed by atoms with Gasteiger partial charge in [0.1, 0.15) is 6.33 Å². The van der Waals surface area contributed by atoms with Crippen molar-refractivity contribution in [3.05, 3.63) is 12.5 Å². The molecule has 0 saturated heterocycles. The minimum Gasteiger partial charge on any atom is -0.478 e. The van der Waals surface area contributed by atoms with Crippen molar-refractivity contribution in [3.8, 4) is 5.88 Å². The topological polar surface area (TPSA) is 47.9 Å². The molecular formula is C4H4N3O. The third-order valence-corrected chi connectivity index (χ3v) is 0.611. The lowest BCUT2D eigenvalue weighted by atomic mass is 10.8. The van der Waals surface area contributed by atoms with Gasteiger partial charge in [0.25, 0.3) is 5.88 Å².